The Bertz CT molecular complexity index is 1210. The van der Waals surface area contributed by atoms with E-state index in [0.717, 1.165) is 5.56 Å². The summed E-state index contributed by atoms with van der Waals surface area (Å²) in [6.07, 6.45) is 2.63. The molecule has 0 fully saturated rings. The lowest BCUT2D eigenvalue weighted by molar-refractivity contribution is 0.0570. The van der Waals surface area contributed by atoms with Crippen LogP contribution in [0.25, 0.3) is 0 Å². The zero-order valence-corrected chi connectivity index (χ0v) is 21.2. The molecule has 0 saturated heterocycles. The van der Waals surface area contributed by atoms with E-state index in [1.54, 1.807) is 60.7 Å². The molecule has 0 unspecified atom stereocenters. The lowest BCUT2D eigenvalue weighted by Gasteiger charge is -2.07. The standard InChI is InChI=1S/C24H17Cl5N2O3/c25-19-5-1-15(2-6-19)24(32)18(11-30-33-13-16-3-7-20(26)9-22(16)28)12-31-34-14-17-4-8-21(27)10-23(17)29/h1-12,30H,13-14H2/b18-11+,31-12+. The third kappa shape index (κ3) is 7.91. The number of carbonyl (C=O) groups excluding carboxylic acids is 1. The van der Waals surface area contributed by atoms with Crippen molar-refractivity contribution in [1.82, 2.24) is 5.48 Å². The van der Waals surface area contributed by atoms with Crippen LogP contribution in [0.2, 0.25) is 25.1 Å². The molecule has 1 N–H and O–H groups in total. The van der Waals surface area contributed by atoms with Crippen LogP contribution >= 0.6 is 58.0 Å². The molecule has 10 heteroatoms. The molecule has 5 nitrogen and oxygen atoms in total. The molecule has 3 aromatic carbocycles. The van der Waals surface area contributed by atoms with Gasteiger partial charge in [0.05, 0.1) is 11.8 Å². The minimum Gasteiger partial charge on any atom is -0.391 e. The van der Waals surface area contributed by atoms with E-state index >= 15 is 0 Å². The summed E-state index contributed by atoms with van der Waals surface area (Å²) in [7, 11) is 0. The van der Waals surface area contributed by atoms with Crippen LogP contribution in [-0.4, -0.2) is 12.0 Å². The third-order valence-electron chi connectivity index (χ3n) is 4.41. The molecule has 0 spiro atoms. The number of halogens is 5. The maximum Gasteiger partial charge on any atom is 0.196 e. The van der Waals surface area contributed by atoms with Crippen LogP contribution in [0.4, 0.5) is 0 Å². The fourth-order valence-electron chi connectivity index (χ4n) is 2.63. The quantitative estimate of drug-likeness (QED) is 0.0902. The predicted octanol–water partition coefficient (Wildman–Crippen LogP) is 7.94. The molecule has 34 heavy (non-hydrogen) atoms. The molecular formula is C24H17Cl5N2O3. The highest BCUT2D eigenvalue weighted by Crippen LogP contribution is 2.22. The number of hydroxylamine groups is 1. The predicted molar refractivity (Wildman–Crippen MR) is 138 cm³/mol. The highest BCUT2D eigenvalue weighted by atomic mass is 35.5. The molecule has 0 aromatic heterocycles. The van der Waals surface area contributed by atoms with Crippen LogP contribution < -0.4 is 5.48 Å². The average Bonchev–Trinajstić information content (AvgIpc) is 2.80. The summed E-state index contributed by atoms with van der Waals surface area (Å²) in [6, 6.07) is 16.5. The summed E-state index contributed by atoms with van der Waals surface area (Å²) in [6.45, 7) is 0.228. The lowest BCUT2D eigenvalue weighted by Crippen LogP contribution is -2.13. The molecule has 0 saturated carbocycles. The van der Waals surface area contributed by atoms with E-state index < -0.39 is 0 Å². The summed E-state index contributed by atoms with van der Waals surface area (Å²) in [5.74, 6) is -0.325. The van der Waals surface area contributed by atoms with Crippen LogP contribution in [0.1, 0.15) is 21.5 Å². The van der Waals surface area contributed by atoms with Crippen LogP contribution in [0.15, 0.2) is 77.6 Å². The minimum absolute atomic E-state index is 0.0912. The maximum atomic E-state index is 12.9. The van der Waals surface area contributed by atoms with E-state index in [0.29, 0.717) is 36.2 Å². The molecule has 0 aliphatic carbocycles. The zero-order valence-electron chi connectivity index (χ0n) is 17.4. The number of Topliss-reactive ketones (excluding diaryl/α,β-unsaturated/α-hetero) is 1. The number of hydrogen-bond acceptors (Lipinski definition) is 5. The number of rotatable bonds is 10. The largest absolute Gasteiger partial charge is 0.391 e. The molecule has 3 aromatic rings. The maximum absolute atomic E-state index is 12.9. The van der Waals surface area contributed by atoms with Gasteiger partial charge in [0.1, 0.15) is 13.2 Å². The third-order valence-corrected chi connectivity index (χ3v) is 5.84. The van der Waals surface area contributed by atoms with E-state index in [-0.39, 0.29) is 24.6 Å². The van der Waals surface area contributed by atoms with E-state index in [1.807, 2.05) is 0 Å². The molecule has 3 rings (SSSR count). The lowest BCUT2D eigenvalue weighted by atomic mass is 10.1. The fraction of sp³-hybridized carbons (Fsp3) is 0.0833. The van der Waals surface area contributed by atoms with E-state index in [4.69, 9.17) is 67.7 Å². The van der Waals surface area contributed by atoms with Gasteiger partial charge in [-0.05, 0) is 54.1 Å². The second-order valence-electron chi connectivity index (χ2n) is 6.82. The van der Waals surface area contributed by atoms with Crippen LogP contribution in [0, 0.1) is 0 Å². The van der Waals surface area contributed by atoms with Gasteiger partial charge in [-0.25, -0.2) is 0 Å². The van der Waals surface area contributed by atoms with Gasteiger partial charge in [-0.2, -0.15) is 0 Å². The Balaban J connectivity index is 1.68. The zero-order chi connectivity index (χ0) is 24.5. The summed E-state index contributed by atoms with van der Waals surface area (Å²) < 4.78 is 0. The number of hydrogen-bond donors (Lipinski definition) is 1. The Morgan fingerprint density at radius 3 is 1.94 bits per heavy atom. The molecule has 0 aliphatic rings. The van der Waals surface area contributed by atoms with Gasteiger partial charge in [0.15, 0.2) is 5.78 Å². The fourth-order valence-corrected chi connectivity index (χ4v) is 3.68. The molecule has 176 valence electrons. The van der Waals surface area contributed by atoms with Crippen molar-refractivity contribution >= 4 is 70.0 Å². The summed E-state index contributed by atoms with van der Waals surface area (Å²) in [5.41, 5.74) is 4.62. The first kappa shape index (κ1) is 26.4. The number of allylic oxidation sites excluding steroid dienone is 1. The van der Waals surface area contributed by atoms with Crippen molar-refractivity contribution in [2.45, 2.75) is 13.2 Å². The van der Waals surface area contributed by atoms with Crippen molar-refractivity contribution in [3.63, 3.8) is 0 Å². The highest BCUT2D eigenvalue weighted by molar-refractivity contribution is 6.35. The van der Waals surface area contributed by atoms with Gasteiger partial charge in [0, 0.05) is 42.4 Å². The first-order valence-corrected chi connectivity index (χ1v) is 11.6. The van der Waals surface area contributed by atoms with Crippen molar-refractivity contribution in [3.8, 4) is 0 Å². The number of nitrogens with zero attached hydrogens (tertiary/aromatic N) is 1. The van der Waals surface area contributed by atoms with Crippen molar-refractivity contribution in [2.75, 3.05) is 0 Å². The van der Waals surface area contributed by atoms with Crippen molar-refractivity contribution in [3.05, 3.63) is 114 Å². The Morgan fingerprint density at radius 2 is 1.35 bits per heavy atom. The van der Waals surface area contributed by atoms with E-state index in [2.05, 4.69) is 10.6 Å². The number of carbonyl (C=O) groups is 1. The molecule has 0 atom stereocenters. The summed E-state index contributed by atoms with van der Waals surface area (Å²) >= 11 is 30.0. The molecule has 0 radical (unpaired) electrons. The minimum atomic E-state index is -0.325. The SMILES string of the molecule is O=C(C(/C=N/OCc1ccc(Cl)cc1Cl)=C/NOCc1ccc(Cl)cc1Cl)c1ccc(Cl)cc1. The molecular weight excluding hydrogens is 542 g/mol. The van der Waals surface area contributed by atoms with Crippen molar-refractivity contribution in [2.24, 2.45) is 5.16 Å². The first-order chi connectivity index (χ1) is 16.3. The Labute approximate surface area is 221 Å². The number of nitrogens with one attached hydrogen (secondary N) is 1. The van der Waals surface area contributed by atoms with Gasteiger partial charge in [0.25, 0.3) is 0 Å². The molecule has 0 bridgehead atoms. The van der Waals surface area contributed by atoms with Crippen LogP contribution in [0.5, 0.6) is 0 Å². The molecule has 0 amide bonds. The highest BCUT2D eigenvalue weighted by Gasteiger charge is 2.11. The van der Waals surface area contributed by atoms with Gasteiger partial charge < -0.3 is 4.84 Å². The van der Waals surface area contributed by atoms with Gasteiger partial charge in [-0.3, -0.25) is 15.1 Å². The Hall–Kier alpha value is -2.25. The van der Waals surface area contributed by atoms with Gasteiger partial charge >= 0.3 is 0 Å². The number of ketones is 1. The first-order valence-electron chi connectivity index (χ1n) is 9.74. The summed E-state index contributed by atoms with van der Waals surface area (Å²) in [4.78, 5) is 23.7. The van der Waals surface area contributed by atoms with Crippen LogP contribution in [0.3, 0.4) is 0 Å². The van der Waals surface area contributed by atoms with Gasteiger partial charge in [-0.15, -0.1) is 0 Å². The number of benzene rings is 3. The van der Waals surface area contributed by atoms with Gasteiger partial charge in [0.2, 0.25) is 0 Å². The Kier molecular flexibility index (Phi) is 10.1. The van der Waals surface area contributed by atoms with Gasteiger partial charge in [-0.1, -0.05) is 75.3 Å². The second kappa shape index (κ2) is 13.0. The average molecular weight is 559 g/mol. The topological polar surface area (TPSA) is 59.9 Å². The summed E-state index contributed by atoms with van der Waals surface area (Å²) in [5, 5.41) is 6.36. The van der Waals surface area contributed by atoms with Crippen molar-refractivity contribution < 1.29 is 14.5 Å². The monoisotopic (exact) mass is 556 g/mol. The Morgan fingerprint density at radius 1 is 0.794 bits per heavy atom. The second-order valence-corrected chi connectivity index (χ2v) is 8.95. The van der Waals surface area contributed by atoms with Crippen LogP contribution in [-0.2, 0) is 22.9 Å². The van der Waals surface area contributed by atoms with E-state index in [1.165, 1.54) is 12.4 Å². The molecule has 0 heterocycles. The normalized spacial score (nSPS) is 11.6. The smallest absolute Gasteiger partial charge is 0.196 e. The molecule has 0 aliphatic heterocycles. The van der Waals surface area contributed by atoms with E-state index in [9.17, 15) is 4.79 Å². The van der Waals surface area contributed by atoms with Crippen molar-refractivity contribution in [1.29, 1.82) is 0 Å². The number of oxime groups is 1.